The van der Waals surface area contributed by atoms with E-state index in [2.05, 4.69) is 9.97 Å². The number of aromatic amines is 1. The molecule has 0 aliphatic carbocycles. The van der Waals surface area contributed by atoms with Crippen LogP contribution in [-0.2, 0) is 4.74 Å². The Morgan fingerprint density at radius 2 is 2.32 bits per heavy atom. The van der Waals surface area contributed by atoms with Gasteiger partial charge in [-0.25, -0.2) is 4.98 Å². The monoisotopic (exact) mass is 301 g/mol. The lowest BCUT2D eigenvalue weighted by Crippen LogP contribution is -2.44. The van der Waals surface area contributed by atoms with E-state index in [1.807, 2.05) is 30.0 Å². The highest BCUT2D eigenvalue weighted by Gasteiger charge is 2.28. The smallest absolute Gasteiger partial charge is 0.256 e. The molecule has 0 spiro atoms. The maximum absolute atomic E-state index is 13.0. The Hall–Kier alpha value is -1.88. The molecule has 1 aliphatic heterocycles. The van der Waals surface area contributed by atoms with Crippen LogP contribution >= 0.6 is 0 Å². The quantitative estimate of drug-likeness (QED) is 0.944. The number of para-hydroxylation sites is 1. The van der Waals surface area contributed by atoms with Gasteiger partial charge in [0.1, 0.15) is 11.3 Å². The third-order valence-corrected chi connectivity index (χ3v) is 4.40. The van der Waals surface area contributed by atoms with Gasteiger partial charge in [0.15, 0.2) is 0 Å². The Morgan fingerprint density at radius 1 is 1.45 bits per heavy atom. The molecule has 5 nitrogen and oxygen atoms in total. The number of nitrogens with zero attached hydrogens (tertiary/aromatic N) is 2. The van der Waals surface area contributed by atoms with Crippen LogP contribution in [0.15, 0.2) is 18.2 Å². The number of aryl methyl sites for hydroxylation is 1. The van der Waals surface area contributed by atoms with Crippen LogP contribution in [0.4, 0.5) is 0 Å². The topological polar surface area (TPSA) is 58.2 Å². The van der Waals surface area contributed by atoms with E-state index in [9.17, 15) is 4.79 Å². The van der Waals surface area contributed by atoms with Gasteiger partial charge in [-0.3, -0.25) is 4.79 Å². The zero-order chi connectivity index (χ0) is 15.5. The second kappa shape index (κ2) is 6.48. The Morgan fingerprint density at radius 3 is 3.14 bits per heavy atom. The van der Waals surface area contributed by atoms with Gasteiger partial charge in [0, 0.05) is 26.3 Å². The maximum Gasteiger partial charge on any atom is 0.256 e. The predicted molar refractivity (Wildman–Crippen MR) is 86.0 cm³/mol. The number of benzene rings is 1. The number of H-pyrrole nitrogens is 1. The first-order valence-corrected chi connectivity index (χ1v) is 7.96. The molecule has 1 N–H and O–H groups in total. The number of fused-ring (bicyclic) bond motifs is 1. The number of nitrogens with one attached hydrogen (secondary N) is 1. The fraction of sp³-hybridized carbons (Fsp3) is 0.529. The van der Waals surface area contributed by atoms with E-state index in [0.717, 1.165) is 42.7 Å². The first-order chi connectivity index (χ1) is 10.7. The third-order valence-electron chi connectivity index (χ3n) is 4.40. The number of hydrogen-bond donors (Lipinski definition) is 1. The van der Waals surface area contributed by atoms with E-state index in [1.54, 1.807) is 7.11 Å². The summed E-state index contributed by atoms with van der Waals surface area (Å²) in [6.07, 6.45) is 4.22. The summed E-state index contributed by atoms with van der Waals surface area (Å²) in [5, 5.41) is 0. The summed E-state index contributed by atoms with van der Waals surface area (Å²) in [4.78, 5) is 22.7. The van der Waals surface area contributed by atoms with E-state index in [1.165, 1.54) is 6.42 Å². The lowest BCUT2D eigenvalue weighted by Gasteiger charge is -2.36. The molecule has 22 heavy (non-hydrogen) atoms. The number of hydrogen-bond acceptors (Lipinski definition) is 3. The van der Waals surface area contributed by atoms with Crippen LogP contribution in [-0.4, -0.2) is 47.1 Å². The normalized spacial score (nSPS) is 18.8. The van der Waals surface area contributed by atoms with Crippen molar-refractivity contribution in [3.63, 3.8) is 0 Å². The van der Waals surface area contributed by atoms with Gasteiger partial charge < -0.3 is 14.6 Å². The van der Waals surface area contributed by atoms with Crippen molar-refractivity contribution in [2.24, 2.45) is 0 Å². The second-order valence-corrected chi connectivity index (χ2v) is 5.95. The van der Waals surface area contributed by atoms with Crippen LogP contribution in [0.1, 0.15) is 41.9 Å². The van der Waals surface area contributed by atoms with Crippen molar-refractivity contribution < 1.29 is 9.53 Å². The molecule has 118 valence electrons. The molecule has 1 amide bonds. The Labute approximate surface area is 130 Å². The minimum atomic E-state index is 0.0953. The van der Waals surface area contributed by atoms with Gasteiger partial charge in [0.25, 0.3) is 5.91 Å². The predicted octanol–water partition coefficient (Wildman–Crippen LogP) is 2.90. The fourth-order valence-electron chi connectivity index (χ4n) is 3.30. The molecule has 1 aliphatic rings. The summed E-state index contributed by atoms with van der Waals surface area (Å²) < 4.78 is 5.20. The minimum absolute atomic E-state index is 0.0953. The van der Waals surface area contributed by atoms with Crippen LogP contribution in [0.2, 0.25) is 0 Å². The fourth-order valence-corrected chi connectivity index (χ4v) is 3.30. The molecule has 1 aromatic heterocycles. The van der Waals surface area contributed by atoms with Crippen molar-refractivity contribution in [3.8, 4) is 0 Å². The number of aromatic nitrogens is 2. The van der Waals surface area contributed by atoms with Gasteiger partial charge >= 0.3 is 0 Å². The Balaban J connectivity index is 1.90. The van der Waals surface area contributed by atoms with E-state index >= 15 is 0 Å². The van der Waals surface area contributed by atoms with Gasteiger partial charge in [-0.05, 0) is 44.7 Å². The van der Waals surface area contributed by atoms with Crippen LogP contribution in [0.5, 0.6) is 0 Å². The van der Waals surface area contributed by atoms with E-state index < -0.39 is 0 Å². The first-order valence-electron chi connectivity index (χ1n) is 7.96. The molecule has 1 saturated heterocycles. The third kappa shape index (κ3) is 2.86. The van der Waals surface area contributed by atoms with Gasteiger partial charge in [0.2, 0.25) is 0 Å². The molecule has 2 heterocycles. The zero-order valence-corrected chi connectivity index (χ0v) is 13.3. The van der Waals surface area contributed by atoms with Crippen molar-refractivity contribution in [2.75, 3.05) is 20.3 Å². The van der Waals surface area contributed by atoms with Gasteiger partial charge in [-0.15, -0.1) is 0 Å². The van der Waals surface area contributed by atoms with E-state index in [4.69, 9.17) is 4.74 Å². The number of rotatable bonds is 4. The summed E-state index contributed by atoms with van der Waals surface area (Å²) in [7, 11) is 1.71. The molecular formula is C17H23N3O2. The molecule has 3 rings (SSSR count). The molecule has 0 radical (unpaired) electrons. The van der Waals surface area contributed by atoms with Crippen LogP contribution in [0, 0.1) is 6.92 Å². The Bertz CT molecular complexity index is 665. The van der Waals surface area contributed by atoms with E-state index in [0.29, 0.717) is 12.2 Å². The highest BCUT2D eigenvalue weighted by molar-refractivity contribution is 6.05. The number of likely N-dealkylation sites (tertiary alicyclic amines) is 1. The van der Waals surface area contributed by atoms with Crippen LogP contribution in [0.3, 0.4) is 0 Å². The molecule has 5 heteroatoms. The first kappa shape index (κ1) is 15.0. The number of ether oxygens (including phenoxy) is 1. The summed E-state index contributed by atoms with van der Waals surface area (Å²) >= 11 is 0. The highest BCUT2D eigenvalue weighted by Crippen LogP contribution is 2.25. The zero-order valence-electron chi connectivity index (χ0n) is 13.3. The summed E-state index contributed by atoms with van der Waals surface area (Å²) in [6, 6.07) is 6.04. The molecule has 2 aromatic rings. The molecule has 1 fully saturated rings. The minimum Gasteiger partial charge on any atom is -0.385 e. The van der Waals surface area contributed by atoms with Gasteiger partial charge in [-0.1, -0.05) is 6.07 Å². The number of carbonyl (C=O) groups excluding carboxylic acids is 1. The lowest BCUT2D eigenvalue weighted by atomic mass is 9.98. The van der Waals surface area contributed by atoms with Crippen molar-refractivity contribution in [3.05, 3.63) is 29.6 Å². The molecule has 0 saturated carbocycles. The number of imidazole rings is 1. The molecule has 0 bridgehead atoms. The number of carbonyl (C=O) groups is 1. The SMILES string of the molecule is COCCC1CCCCN1C(=O)c1cccc2[nH]c(C)nc12. The molecular weight excluding hydrogens is 278 g/mol. The van der Waals surface area contributed by atoms with Gasteiger partial charge in [-0.2, -0.15) is 0 Å². The molecule has 1 aromatic carbocycles. The second-order valence-electron chi connectivity index (χ2n) is 5.95. The Kier molecular flexibility index (Phi) is 4.43. The molecule has 1 atom stereocenters. The standard InChI is InChI=1S/C17H23N3O2/c1-12-18-15-8-5-7-14(16(15)19-12)17(21)20-10-4-3-6-13(20)9-11-22-2/h5,7-8,13H,3-4,6,9-11H2,1-2H3,(H,18,19). The summed E-state index contributed by atoms with van der Waals surface area (Å²) in [5.41, 5.74) is 2.40. The van der Waals surface area contributed by atoms with Gasteiger partial charge in [0.05, 0.1) is 11.1 Å². The number of piperidine rings is 1. The summed E-state index contributed by atoms with van der Waals surface area (Å²) in [5.74, 6) is 0.933. The van der Waals surface area contributed by atoms with Crippen LogP contribution < -0.4 is 0 Å². The number of methoxy groups -OCH3 is 1. The van der Waals surface area contributed by atoms with Crippen molar-refractivity contribution in [1.82, 2.24) is 14.9 Å². The molecule has 1 unspecified atom stereocenters. The number of amides is 1. The van der Waals surface area contributed by atoms with Crippen LogP contribution in [0.25, 0.3) is 11.0 Å². The summed E-state index contributed by atoms with van der Waals surface area (Å²) in [6.45, 7) is 3.43. The van der Waals surface area contributed by atoms with Crippen molar-refractivity contribution in [1.29, 1.82) is 0 Å². The average molecular weight is 301 g/mol. The van der Waals surface area contributed by atoms with Crippen molar-refractivity contribution in [2.45, 2.75) is 38.6 Å². The largest absolute Gasteiger partial charge is 0.385 e. The average Bonchev–Trinajstić information content (AvgIpc) is 2.92. The maximum atomic E-state index is 13.0. The van der Waals surface area contributed by atoms with Crippen molar-refractivity contribution >= 4 is 16.9 Å². The van der Waals surface area contributed by atoms with E-state index in [-0.39, 0.29) is 11.9 Å². The lowest BCUT2D eigenvalue weighted by molar-refractivity contribution is 0.0555. The highest BCUT2D eigenvalue weighted by atomic mass is 16.5.